The largest absolute Gasteiger partial charge is 0.416 e. The van der Waals surface area contributed by atoms with Crippen LogP contribution in [-0.4, -0.2) is 28.5 Å². The molecule has 5 nitrogen and oxygen atoms in total. The van der Waals surface area contributed by atoms with Crippen LogP contribution >= 0.6 is 23.4 Å². The number of hydrogen-bond acceptors (Lipinski definition) is 4. The summed E-state index contributed by atoms with van der Waals surface area (Å²) in [6.07, 6.45) is -2.81. The lowest BCUT2D eigenvalue weighted by Crippen LogP contribution is -2.29. The number of anilines is 1. The van der Waals surface area contributed by atoms with Crippen molar-refractivity contribution in [2.75, 3.05) is 11.9 Å². The zero-order valence-corrected chi connectivity index (χ0v) is 17.5. The molecular weight excluding hydrogens is 453 g/mol. The third kappa shape index (κ3) is 6.11. The summed E-state index contributed by atoms with van der Waals surface area (Å²) in [4.78, 5) is 38.0. The van der Waals surface area contributed by atoms with Crippen molar-refractivity contribution in [1.29, 1.82) is 0 Å². The number of thioether (sulfide) groups is 1. The molecule has 0 atom stereocenters. The van der Waals surface area contributed by atoms with Crippen LogP contribution in [0.25, 0.3) is 6.08 Å². The third-order valence-electron chi connectivity index (χ3n) is 4.30. The summed E-state index contributed by atoms with van der Waals surface area (Å²) >= 11 is 6.63. The molecule has 0 bridgehead atoms. The molecule has 10 heteroatoms. The zero-order valence-electron chi connectivity index (χ0n) is 15.9. The Morgan fingerprint density at radius 2 is 1.84 bits per heavy atom. The molecule has 0 spiro atoms. The van der Waals surface area contributed by atoms with Gasteiger partial charge in [0.1, 0.15) is 0 Å². The SMILES string of the molecule is O=C(CCCN1C(=O)S/C(=C\c2ccc(Cl)cc2)C1=O)Nc1cccc(C(F)(F)F)c1. The van der Waals surface area contributed by atoms with Gasteiger partial charge in [0.05, 0.1) is 10.5 Å². The van der Waals surface area contributed by atoms with Crippen molar-refractivity contribution in [3.8, 4) is 0 Å². The van der Waals surface area contributed by atoms with Gasteiger partial charge < -0.3 is 5.32 Å². The Labute approximate surface area is 185 Å². The van der Waals surface area contributed by atoms with Gasteiger partial charge in [-0.05, 0) is 60.2 Å². The van der Waals surface area contributed by atoms with Crippen LogP contribution in [0.2, 0.25) is 5.02 Å². The molecule has 0 radical (unpaired) electrons. The van der Waals surface area contributed by atoms with Crippen LogP contribution in [0, 0.1) is 0 Å². The van der Waals surface area contributed by atoms with Gasteiger partial charge in [0.25, 0.3) is 11.1 Å². The molecule has 0 aliphatic carbocycles. The standard InChI is InChI=1S/C21H16ClF3N2O3S/c22-15-8-6-13(7-9-15)11-17-19(29)27(20(30)31-17)10-2-5-18(28)26-16-4-1-3-14(12-16)21(23,24)25/h1,3-4,6-9,11-12H,2,5,10H2,(H,26,28)/b17-11-. The second-order valence-corrected chi connectivity index (χ2v) is 8.04. The van der Waals surface area contributed by atoms with E-state index in [0.717, 1.165) is 34.4 Å². The number of alkyl halides is 3. The highest BCUT2D eigenvalue weighted by Crippen LogP contribution is 2.33. The van der Waals surface area contributed by atoms with E-state index in [4.69, 9.17) is 11.6 Å². The monoisotopic (exact) mass is 468 g/mol. The van der Waals surface area contributed by atoms with Gasteiger partial charge in [0.2, 0.25) is 5.91 Å². The number of benzene rings is 2. The van der Waals surface area contributed by atoms with Crippen LogP contribution in [0.1, 0.15) is 24.0 Å². The van der Waals surface area contributed by atoms with Crippen LogP contribution in [-0.2, 0) is 15.8 Å². The number of carbonyl (C=O) groups is 3. The molecule has 31 heavy (non-hydrogen) atoms. The van der Waals surface area contributed by atoms with Crippen molar-refractivity contribution in [3.63, 3.8) is 0 Å². The van der Waals surface area contributed by atoms with Crippen molar-refractivity contribution in [2.24, 2.45) is 0 Å². The molecule has 1 N–H and O–H groups in total. The highest BCUT2D eigenvalue weighted by Gasteiger charge is 2.34. The molecule has 0 unspecified atom stereocenters. The molecule has 162 valence electrons. The summed E-state index contributed by atoms with van der Waals surface area (Å²) in [6, 6.07) is 11.1. The quantitative estimate of drug-likeness (QED) is 0.543. The average molecular weight is 469 g/mol. The number of imide groups is 1. The van der Waals surface area contributed by atoms with E-state index in [2.05, 4.69) is 5.32 Å². The number of nitrogens with zero attached hydrogens (tertiary/aromatic N) is 1. The second kappa shape index (κ2) is 9.57. The Balaban J connectivity index is 1.53. The van der Waals surface area contributed by atoms with Gasteiger partial charge in [-0.1, -0.05) is 29.8 Å². The van der Waals surface area contributed by atoms with Gasteiger partial charge >= 0.3 is 6.18 Å². The maximum Gasteiger partial charge on any atom is 0.416 e. The predicted octanol–water partition coefficient (Wildman–Crippen LogP) is 5.81. The van der Waals surface area contributed by atoms with Gasteiger partial charge in [0.15, 0.2) is 0 Å². The first-order valence-corrected chi connectivity index (χ1v) is 10.3. The Bertz CT molecular complexity index is 1040. The predicted molar refractivity (Wildman–Crippen MR) is 113 cm³/mol. The molecule has 1 aliphatic rings. The van der Waals surface area contributed by atoms with E-state index >= 15 is 0 Å². The third-order valence-corrected chi connectivity index (χ3v) is 5.46. The molecule has 1 aliphatic heterocycles. The molecule has 1 saturated heterocycles. The van der Waals surface area contributed by atoms with Crippen LogP contribution < -0.4 is 5.32 Å². The first kappa shape index (κ1) is 22.9. The Morgan fingerprint density at radius 3 is 2.52 bits per heavy atom. The van der Waals surface area contributed by atoms with Gasteiger partial charge in [-0.25, -0.2) is 0 Å². The first-order valence-electron chi connectivity index (χ1n) is 9.11. The normalized spacial score (nSPS) is 15.6. The maximum atomic E-state index is 12.7. The van der Waals surface area contributed by atoms with Crippen LogP contribution in [0.3, 0.4) is 0 Å². The summed E-state index contributed by atoms with van der Waals surface area (Å²) in [5.74, 6) is -0.966. The minimum Gasteiger partial charge on any atom is -0.326 e. The lowest BCUT2D eigenvalue weighted by Gasteiger charge is -2.12. The fourth-order valence-electron chi connectivity index (χ4n) is 2.80. The molecular formula is C21H16ClF3N2O3S. The molecule has 2 aromatic rings. The Morgan fingerprint density at radius 1 is 1.13 bits per heavy atom. The topological polar surface area (TPSA) is 66.5 Å². The molecule has 1 heterocycles. The molecule has 0 saturated carbocycles. The van der Waals surface area contributed by atoms with E-state index in [1.165, 1.54) is 12.1 Å². The summed E-state index contributed by atoms with van der Waals surface area (Å²) in [7, 11) is 0. The summed E-state index contributed by atoms with van der Waals surface area (Å²) < 4.78 is 38.2. The fourth-order valence-corrected chi connectivity index (χ4v) is 3.79. The van der Waals surface area contributed by atoms with Crippen LogP contribution in [0.5, 0.6) is 0 Å². The van der Waals surface area contributed by atoms with Gasteiger partial charge in [-0.3, -0.25) is 19.3 Å². The van der Waals surface area contributed by atoms with Crippen molar-refractivity contribution in [3.05, 3.63) is 69.6 Å². The highest BCUT2D eigenvalue weighted by molar-refractivity contribution is 8.18. The number of rotatable bonds is 6. The smallest absolute Gasteiger partial charge is 0.326 e. The maximum absolute atomic E-state index is 12.7. The number of halogens is 4. The molecule has 0 aromatic heterocycles. The second-order valence-electron chi connectivity index (χ2n) is 6.62. The van der Waals surface area contributed by atoms with E-state index in [-0.39, 0.29) is 30.0 Å². The van der Waals surface area contributed by atoms with Gasteiger partial charge in [0, 0.05) is 23.7 Å². The van der Waals surface area contributed by atoms with E-state index < -0.39 is 28.8 Å². The Hall–Kier alpha value is -2.78. The van der Waals surface area contributed by atoms with E-state index in [1.807, 2.05) is 0 Å². The summed E-state index contributed by atoms with van der Waals surface area (Å²) in [6.45, 7) is 0.0264. The van der Waals surface area contributed by atoms with Gasteiger partial charge in [-0.15, -0.1) is 0 Å². The van der Waals surface area contributed by atoms with Crippen molar-refractivity contribution >= 4 is 52.2 Å². The van der Waals surface area contributed by atoms with Crippen molar-refractivity contribution in [2.45, 2.75) is 19.0 Å². The van der Waals surface area contributed by atoms with Gasteiger partial charge in [-0.2, -0.15) is 13.2 Å². The number of amides is 3. The highest BCUT2D eigenvalue weighted by atomic mass is 35.5. The zero-order chi connectivity index (χ0) is 22.6. The lowest BCUT2D eigenvalue weighted by molar-refractivity contribution is -0.137. The Kier molecular flexibility index (Phi) is 7.07. The first-order chi connectivity index (χ1) is 14.6. The minimum atomic E-state index is -4.51. The molecule has 3 amide bonds. The molecule has 1 fully saturated rings. The number of nitrogens with one attached hydrogen (secondary N) is 1. The number of carbonyl (C=O) groups excluding carboxylic acids is 3. The van der Waals surface area contributed by atoms with Crippen LogP contribution in [0.15, 0.2) is 53.4 Å². The van der Waals surface area contributed by atoms with Crippen molar-refractivity contribution < 1.29 is 27.6 Å². The van der Waals surface area contributed by atoms with E-state index in [9.17, 15) is 27.6 Å². The number of hydrogen-bond donors (Lipinski definition) is 1. The van der Waals surface area contributed by atoms with E-state index in [1.54, 1.807) is 30.3 Å². The molecule has 3 rings (SSSR count). The summed E-state index contributed by atoms with van der Waals surface area (Å²) in [5.41, 5.74) is -0.122. The molecule has 2 aromatic carbocycles. The fraction of sp³-hybridized carbons (Fsp3) is 0.190. The minimum absolute atomic E-state index is 0.0249. The van der Waals surface area contributed by atoms with E-state index in [0.29, 0.717) is 5.02 Å². The summed E-state index contributed by atoms with van der Waals surface area (Å²) in [5, 5.41) is 2.50. The van der Waals surface area contributed by atoms with Crippen LogP contribution in [0.4, 0.5) is 23.7 Å². The van der Waals surface area contributed by atoms with Crippen molar-refractivity contribution in [1.82, 2.24) is 4.90 Å². The average Bonchev–Trinajstić information content (AvgIpc) is 2.96. The lowest BCUT2D eigenvalue weighted by atomic mass is 10.2.